The van der Waals surface area contributed by atoms with Gasteiger partial charge in [-0.3, -0.25) is 0 Å². The summed E-state index contributed by atoms with van der Waals surface area (Å²) in [6.07, 6.45) is 1.60. The minimum absolute atomic E-state index is 0.462. The molecule has 1 rings (SSSR count). The Bertz CT molecular complexity index is 176. The number of rotatable bonds is 1. The van der Waals surface area contributed by atoms with Gasteiger partial charge in [0, 0.05) is 0 Å². The van der Waals surface area contributed by atoms with Crippen LogP contribution in [0.2, 0.25) is 0 Å². The maximum absolute atomic E-state index is 11.7. The van der Waals surface area contributed by atoms with Crippen LogP contribution in [0.1, 0.15) is 5.01 Å². The predicted octanol–water partition coefficient (Wildman–Crippen LogP) is 2.38. The molecule has 0 amide bonds. The third-order valence-electron chi connectivity index (χ3n) is 0.640. The molecule has 0 unspecified atom stereocenters. The van der Waals surface area contributed by atoms with Gasteiger partial charge in [-0.1, -0.05) is 0 Å². The van der Waals surface area contributed by atoms with E-state index in [1.54, 1.807) is 6.20 Å². The van der Waals surface area contributed by atoms with E-state index >= 15 is 0 Å². The van der Waals surface area contributed by atoms with Crippen LogP contribution in [-0.2, 0) is 6.67 Å². The SMILES string of the molecule is FCc1ncc(Br)s1. The predicted molar refractivity (Wildman–Crippen MR) is 34.6 cm³/mol. The Labute approximate surface area is 58.7 Å². The van der Waals surface area contributed by atoms with Crippen molar-refractivity contribution in [1.82, 2.24) is 4.98 Å². The van der Waals surface area contributed by atoms with Crippen LogP contribution in [0, 0.1) is 0 Å². The van der Waals surface area contributed by atoms with Crippen molar-refractivity contribution in [2.24, 2.45) is 0 Å². The fourth-order valence-electron chi connectivity index (χ4n) is 0.350. The summed E-state index contributed by atoms with van der Waals surface area (Å²) in [5.74, 6) is 0. The molecule has 0 aliphatic rings. The molecule has 8 heavy (non-hydrogen) atoms. The molecular formula is C4H3BrFNS. The molecule has 1 aromatic rings. The molecule has 1 heterocycles. The number of hydrogen-bond acceptors (Lipinski definition) is 2. The lowest BCUT2D eigenvalue weighted by molar-refractivity contribution is 0.483. The monoisotopic (exact) mass is 195 g/mol. The summed E-state index contributed by atoms with van der Waals surface area (Å²) in [6, 6.07) is 0. The Morgan fingerprint density at radius 3 is 2.88 bits per heavy atom. The molecule has 0 radical (unpaired) electrons. The summed E-state index contributed by atoms with van der Waals surface area (Å²) >= 11 is 4.48. The Morgan fingerprint density at radius 1 is 1.88 bits per heavy atom. The molecule has 0 atom stereocenters. The molecule has 4 heteroatoms. The van der Waals surface area contributed by atoms with E-state index in [4.69, 9.17) is 0 Å². The third kappa shape index (κ3) is 1.26. The smallest absolute Gasteiger partial charge is 0.141 e. The Hall–Kier alpha value is 0.0400. The van der Waals surface area contributed by atoms with Crippen molar-refractivity contribution in [3.05, 3.63) is 15.0 Å². The van der Waals surface area contributed by atoms with Crippen LogP contribution in [0.3, 0.4) is 0 Å². The zero-order valence-corrected chi connectivity index (χ0v) is 6.30. The second-order valence-corrected chi connectivity index (χ2v) is 3.69. The first kappa shape index (κ1) is 6.16. The van der Waals surface area contributed by atoms with Crippen molar-refractivity contribution >= 4 is 27.3 Å². The highest BCUT2D eigenvalue weighted by Gasteiger charge is 1.95. The summed E-state index contributed by atoms with van der Waals surface area (Å²) in [5.41, 5.74) is 0. The highest BCUT2D eigenvalue weighted by Crippen LogP contribution is 2.19. The Kier molecular flexibility index (Phi) is 1.96. The lowest BCUT2D eigenvalue weighted by Crippen LogP contribution is -1.68. The number of hydrogen-bond donors (Lipinski definition) is 0. The lowest BCUT2D eigenvalue weighted by atomic mass is 10.8. The summed E-state index contributed by atoms with van der Waals surface area (Å²) in [6.45, 7) is -0.462. The zero-order valence-electron chi connectivity index (χ0n) is 3.90. The van der Waals surface area contributed by atoms with Crippen molar-refractivity contribution in [2.75, 3.05) is 0 Å². The summed E-state index contributed by atoms with van der Waals surface area (Å²) in [7, 11) is 0. The molecule has 0 N–H and O–H groups in total. The number of alkyl halides is 1. The van der Waals surface area contributed by atoms with Gasteiger partial charge in [-0.15, -0.1) is 11.3 Å². The number of halogens is 2. The van der Waals surface area contributed by atoms with Crippen LogP contribution in [0.15, 0.2) is 9.98 Å². The van der Waals surface area contributed by atoms with Crippen molar-refractivity contribution in [2.45, 2.75) is 6.67 Å². The molecule has 44 valence electrons. The average molecular weight is 196 g/mol. The van der Waals surface area contributed by atoms with Gasteiger partial charge in [-0.05, 0) is 15.9 Å². The van der Waals surface area contributed by atoms with Gasteiger partial charge in [0.2, 0.25) is 0 Å². The van der Waals surface area contributed by atoms with E-state index in [0.29, 0.717) is 5.01 Å². The molecule has 1 nitrogen and oxygen atoms in total. The molecule has 0 bridgehead atoms. The molecule has 0 aliphatic heterocycles. The van der Waals surface area contributed by atoms with Gasteiger partial charge in [0.25, 0.3) is 0 Å². The minimum atomic E-state index is -0.462. The van der Waals surface area contributed by atoms with E-state index in [1.807, 2.05) is 0 Å². The maximum Gasteiger partial charge on any atom is 0.141 e. The van der Waals surface area contributed by atoms with E-state index in [0.717, 1.165) is 3.79 Å². The minimum Gasteiger partial charge on any atom is -0.246 e. The lowest BCUT2D eigenvalue weighted by Gasteiger charge is -1.75. The fraction of sp³-hybridized carbons (Fsp3) is 0.250. The summed E-state index contributed by atoms with van der Waals surface area (Å²) in [5, 5.41) is 0.525. The first-order valence-electron chi connectivity index (χ1n) is 1.99. The van der Waals surface area contributed by atoms with Crippen LogP contribution in [0.4, 0.5) is 4.39 Å². The number of nitrogens with zero attached hydrogens (tertiary/aromatic N) is 1. The van der Waals surface area contributed by atoms with Crippen LogP contribution < -0.4 is 0 Å². The zero-order chi connectivity index (χ0) is 5.98. The normalized spacial score (nSPS) is 9.75. The van der Waals surface area contributed by atoms with Crippen molar-refractivity contribution in [1.29, 1.82) is 0 Å². The molecule has 0 spiro atoms. The highest BCUT2D eigenvalue weighted by atomic mass is 79.9. The van der Waals surface area contributed by atoms with E-state index in [9.17, 15) is 4.39 Å². The van der Waals surface area contributed by atoms with Gasteiger partial charge < -0.3 is 0 Å². The molecule has 0 fully saturated rings. The summed E-state index contributed by atoms with van der Waals surface area (Å²) in [4.78, 5) is 3.73. The standard InChI is InChI=1S/C4H3BrFNS/c5-3-2-7-4(1-6)8-3/h2H,1H2. The first-order chi connectivity index (χ1) is 3.83. The van der Waals surface area contributed by atoms with Gasteiger partial charge in [-0.2, -0.15) is 0 Å². The van der Waals surface area contributed by atoms with E-state index in [-0.39, 0.29) is 0 Å². The van der Waals surface area contributed by atoms with Gasteiger partial charge in [0.15, 0.2) is 0 Å². The Morgan fingerprint density at radius 2 is 2.62 bits per heavy atom. The molecule has 0 saturated heterocycles. The van der Waals surface area contributed by atoms with E-state index in [2.05, 4.69) is 20.9 Å². The van der Waals surface area contributed by atoms with Gasteiger partial charge in [0.1, 0.15) is 11.7 Å². The summed E-state index contributed by atoms with van der Waals surface area (Å²) < 4.78 is 12.5. The number of thiazole rings is 1. The van der Waals surface area contributed by atoms with Gasteiger partial charge in [0.05, 0.1) is 9.98 Å². The van der Waals surface area contributed by atoms with E-state index < -0.39 is 6.67 Å². The van der Waals surface area contributed by atoms with Gasteiger partial charge >= 0.3 is 0 Å². The average Bonchev–Trinajstić information content (AvgIpc) is 2.14. The van der Waals surface area contributed by atoms with Crippen LogP contribution in [0.5, 0.6) is 0 Å². The molecule has 1 aromatic heterocycles. The molecule has 0 aromatic carbocycles. The van der Waals surface area contributed by atoms with Crippen molar-refractivity contribution < 1.29 is 4.39 Å². The fourth-order valence-corrected chi connectivity index (χ4v) is 1.50. The highest BCUT2D eigenvalue weighted by molar-refractivity contribution is 9.11. The van der Waals surface area contributed by atoms with E-state index in [1.165, 1.54) is 11.3 Å². The van der Waals surface area contributed by atoms with Crippen molar-refractivity contribution in [3.63, 3.8) is 0 Å². The first-order valence-corrected chi connectivity index (χ1v) is 3.60. The molecular weight excluding hydrogens is 193 g/mol. The molecule has 0 saturated carbocycles. The molecule has 0 aliphatic carbocycles. The van der Waals surface area contributed by atoms with Crippen LogP contribution in [0.25, 0.3) is 0 Å². The van der Waals surface area contributed by atoms with Crippen molar-refractivity contribution in [3.8, 4) is 0 Å². The van der Waals surface area contributed by atoms with Crippen LogP contribution in [-0.4, -0.2) is 4.98 Å². The maximum atomic E-state index is 11.7. The quantitative estimate of drug-likeness (QED) is 0.671. The second kappa shape index (κ2) is 2.55. The van der Waals surface area contributed by atoms with Crippen LogP contribution >= 0.6 is 27.3 Å². The third-order valence-corrected chi connectivity index (χ3v) is 2.08. The van der Waals surface area contributed by atoms with Gasteiger partial charge in [-0.25, -0.2) is 9.37 Å². The largest absolute Gasteiger partial charge is 0.246 e. The topological polar surface area (TPSA) is 12.9 Å². The number of aromatic nitrogens is 1. The Balaban J connectivity index is 2.84. The second-order valence-electron chi connectivity index (χ2n) is 1.19.